The molecule has 0 aromatic heterocycles. The second kappa shape index (κ2) is 8.23. The predicted octanol–water partition coefficient (Wildman–Crippen LogP) is 3.72. The molecule has 0 aliphatic heterocycles. The van der Waals surface area contributed by atoms with Gasteiger partial charge in [-0.05, 0) is 38.1 Å². The molecular formula is C18H18F2N2O3. The Bertz CT molecular complexity index is 779. The van der Waals surface area contributed by atoms with Crippen molar-refractivity contribution in [2.24, 2.45) is 0 Å². The van der Waals surface area contributed by atoms with Crippen LogP contribution in [-0.2, 0) is 9.59 Å². The molecular weight excluding hydrogens is 330 g/mol. The van der Waals surface area contributed by atoms with E-state index in [4.69, 9.17) is 4.74 Å². The number of hydrogen-bond donors (Lipinski definition) is 2. The first-order chi connectivity index (χ1) is 11.8. The molecule has 2 amide bonds. The van der Waals surface area contributed by atoms with Crippen LogP contribution in [0.4, 0.5) is 20.2 Å². The highest BCUT2D eigenvalue weighted by molar-refractivity contribution is 6.08. The van der Waals surface area contributed by atoms with Crippen LogP contribution in [0.2, 0.25) is 0 Å². The van der Waals surface area contributed by atoms with E-state index >= 15 is 0 Å². The molecule has 0 heterocycles. The zero-order chi connectivity index (χ0) is 18.4. The highest BCUT2D eigenvalue weighted by atomic mass is 19.2. The average molecular weight is 348 g/mol. The monoisotopic (exact) mass is 348 g/mol. The molecule has 25 heavy (non-hydrogen) atoms. The van der Waals surface area contributed by atoms with Crippen molar-refractivity contribution in [2.75, 3.05) is 10.6 Å². The van der Waals surface area contributed by atoms with Crippen molar-refractivity contribution in [3.05, 3.63) is 54.1 Å². The summed E-state index contributed by atoms with van der Waals surface area (Å²) >= 11 is 0. The van der Waals surface area contributed by atoms with E-state index in [-0.39, 0.29) is 11.8 Å². The first-order valence-electron chi connectivity index (χ1n) is 7.65. The lowest BCUT2D eigenvalue weighted by atomic mass is 10.2. The van der Waals surface area contributed by atoms with Gasteiger partial charge in [0.25, 0.3) is 0 Å². The van der Waals surface area contributed by atoms with Gasteiger partial charge < -0.3 is 15.4 Å². The van der Waals surface area contributed by atoms with Crippen molar-refractivity contribution in [3.63, 3.8) is 0 Å². The maximum Gasteiger partial charge on any atom is 0.233 e. The van der Waals surface area contributed by atoms with Crippen LogP contribution in [0.3, 0.4) is 0 Å². The van der Waals surface area contributed by atoms with Gasteiger partial charge >= 0.3 is 0 Å². The summed E-state index contributed by atoms with van der Waals surface area (Å²) in [6.07, 6.45) is -0.552. The zero-order valence-corrected chi connectivity index (χ0v) is 13.8. The summed E-state index contributed by atoms with van der Waals surface area (Å²) in [6.45, 7) is 3.71. The van der Waals surface area contributed by atoms with Gasteiger partial charge in [0.15, 0.2) is 11.6 Å². The highest BCUT2D eigenvalue weighted by Crippen LogP contribution is 2.25. The molecule has 0 aliphatic rings. The molecule has 0 saturated carbocycles. The van der Waals surface area contributed by atoms with Crippen LogP contribution in [0.1, 0.15) is 20.3 Å². The van der Waals surface area contributed by atoms with Crippen LogP contribution in [0, 0.1) is 11.6 Å². The molecule has 0 atom stereocenters. The third kappa shape index (κ3) is 5.56. The molecule has 0 saturated heterocycles. The number of carbonyl (C=O) groups excluding carboxylic acids is 2. The highest BCUT2D eigenvalue weighted by Gasteiger charge is 2.13. The number of ether oxygens (including phenoxy) is 1. The number of rotatable bonds is 6. The minimum absolute atomic E-state index is 0.0697. The molecule has 0 radical (unpaired) electrons. The lowest BCUT2D eigenvalue weighted by Crippen LogP contribution is -2.22. The number of hydrogen-bond acceptors (Lipinski definition) is 3. The standard InChI is InChI=1S/C18H18F2N2O3/c1-11(2)25-16-6-4-3-5-15(16)22-18(24)10-17(23)21-12-7-8-13(19)14(20)9-12/h3-9,11H,10H2,1-2H3,(H,21,23)(H,22,24). The Hall–Kier alpha value is -2.96. The maximum atomic E-state index is 13.1. The molecule has 2 aromatic carbocycles. The lowest BCUT2D eigenvalue weighted by molar-refractivity contribution is -0.123. The van der Waals surface area contributed by atoms with Crippen LogP contribution in [-0.4, -0.2) is 17.9 Å². The number of halogens is 2. The summed E-state index contributed by atoms with van der Waals surface area (Å²) in [5.41, 5.74) is 0.516. The summed E-state index contributed by atoms with van der Waals surface area (Å²) in [7, 11) is 0. The minimum atomic E-state index is -1.08. The van der Waals surface area contributed by atoms with Crippen LogP contribution in [0.15, 0.2) is 42.5 Å². The second-order valence-corrected chi connectivity index (χ2v) is 5.56. The summed E-state index contributed by atoms with van der Waals surface area (Å²) < 4.78 is 31.5. The quantitative estimate of drug-likeness (QED) is 0.782. The number of anilines is 2. The predicted molar refractivity (Wildman–Crippen MR) is 90.4 cm³/mol. The largest absolute Gasteiger partial charge is 0.489 e. The molecule has 0 unspecified atom stereocenters. The Morgan fingerprint density at radius 2 is 1.68 bits per heavy atom. The normalized spacial score (nSPS) is 10.4. The van der Waals surface area contributed by atoms with Gasteiger partial charge in [0, 0.05) is 11.8 Å². The Kier molecular flexibility index (Phi) is 6.05. The molecule has 2 N–H and O–H groups in total. The second-order valence-electron chi connectivity index (χ2n) is 5.56. The average Bonchev–Trinajstić information content (AvgIpc) is 2.52. The van der Waals surface area contributed by atoms with Crippen LogP contribution in [0.5, 0.6) is 5.75 Å². The van der Waals surface area contributed by atoms with Crippen molar-refractivity contribution >= 4 is 23.2 Å². The molecule has 7 heteroatoms. The van der Waals surface area contributed by atoms with E-state index in [9.17, 15) is 18.4 Å². The summed E-state index contributed by atoms with van der Waals surface area (Å²) in [5.74, 6) is -2.81. The fraction of sp³-hybridized carbons (Fsp3) is 0.222. The summed E-state index contributed by atoms with van der Waals surface area (Å²) in [4.78, 5) is 23.9. The van der Waals surface area contributed by atoms with Crippen molar-refractivity contribution in [2.45, 2.75) is 26.4 Å². The van der Waals surface area contributed by atoms with E-state index < -0.39 is 29.9 Å². The van der Waals surface area contributed by atoms with E-state index in [1.165, 1.54) is 6.07 Å². The fourth-order valence-electron chi connectivity index (χ4n) is 2.05. The maximum absolute atomic E-state index is 13.1. The Labute approximate surface area is 144 Å². The Morgan fingerprint density at radius 1 is 1.00 bits per heavy atom. The van der Waals surface area contributed by atoms with E-state index in [0.29, 0.717) is 11.4 Å². The fourth-order valence-corrected chi connectivity index (χ4v) is 2.05. The molecule has 0 bridgehead atoms. The first kappa shape index (κ1) is 18.4. The zero-order valence-electron chi connectivity index (χ0n) is 13.8. The van der Waals surface area contributed by atoms with E-state index in [0.717, 1.165) is 12.1 Å². The van der Waals surface area contributed by atoms with Gasteiger partial charge in [-0.15, -0.1) is 0 Å². The number of amides is 2. The SMILES string of the molecule is CC(C)Oc1ccccc1NC(=O)CC(=O)Nc1ccc(F)c(F)c1. The molecule has 0 fully saturated rings. The van der Waals surface area contributed by atoms with E-state index in [2.05, 4.69) is 10.6 Å². The topological polar surface area (TPSA) is 67.4 Å². The van der Waals surface area contributed by atoms with Crippen molar-refractivity contribution in [1.29, 1.82) is 0 Å². The molecule has 0 aliphatic carbocycles. The molecule has 2 rings (SSSR count). The van der Waals surface area contributed by atoms with Crippen LogP contribution < -0.4 is 15.4 Å². The molecule has 0 spiro atoms. The molecule has 2 aromatic rings. The first-order valence-corrected chi connectivity index (χ1v) is 7.65. The Morgan fingerprint density at radius 3 is 2.36 bits per heavy atom. The third-order valence-corrected chi connectivity index (χ3v) is 3.05. The van der Waals surface area contributed by atoms with Gasteiger partial charge in [0.1, 0.15) is 12.2 Å². The number of para-hydroxylation sites is 2. The van der Waals surface area contributed by atoms with E-state index in [1.807, 2.05) is 13.8 Å². The van der Waals surface area contributed by atoms with Crippen molar-refractivity contribution in [1.82, 2.24) is 0 Å². The minimum Gasteiger partial charge on any atom is -0.489 e. The van der Waals surface area contributed by atoms with Gasteiger partial charge in [-0.3, -0.25) is 9.59 Å². The van der Waals surface area contributed by atoms with Gasteiger partial charge in [-0.25, -0.2) is 8.78 Å². The van der Waals surface area contributed by atoms with Gasteiger partial charge in [0.05, 0.1) is 11.8 Å². The van der Waals surface area contributed by atoms with Crippen LogP contribution in [0.25, 0.3) is 0 Å². The lowest BCUT2D eigenvalue weighted by Gasteiger charge is -2.14. The third-order valence-electron chi connectivity index (χ3n) is 3.05. The number of benzene rings is 2. The number of nitrogens with one attached hydrogen (secondary N) is 2. The number of carbonyl (C=O) groups is 2. The smallest absolute Gasteiger partial charge is 0.233 e. The van der Waals surface area contributed by atoms with E-state index in [1.54, 1.807) is 24.3 Å². The molecule has 132 valence electrons. The van der Waals surface area contributed by atoms with Crippen molar-refractivity contribution in [3.8, 4) is 5.75 Å². The van der Waals surface area contributed by atoms with Gasteiger partial charge in [-0.1, -0.05) is 12.1 Å². The summed E-state index contributed by atoms with van der Waals surface area (Å²) in [6, 6.07) is 9.80. The van der Waals surface area contributed by atoms with Gasteiger partial charge in [-0.2, -0.15) is 0 Å². The Balaban J connectivity index is 1.96. The summed E-state index contributed by atoms with van der Waals surface area (Å²) in [5, 5.41) is 4.93. The molecule has 5 nitrogen and oxygen atoms in total. The van der Waals surface area contributed by atoms with Crippen molar-refractivity contribution < 1.29 is 23.1 Å². The van der Waals surface area contributed by atoms with Crippen LogP contribution >= 0.6 is 0 Å². The van der Waals surface area contributed by atoms with Gasteiger partial charge in [0.2, 0.25) is 11.8 Å².